The summed E-state index contributed by atoms with van der Waals surface area (Å²) in [4.78, 5) is 47.1. The number of carbonyl (C=O) groups is 2. The van der Waals surface area contributed by atoms with Crippen molar-refractivity contribution in [3.63, 3.8) is 0 Å². The number of fused-ring (bicyclic) bond motifs is 2. The van der Waals surface area contributed by atoms with Gasteiger partial charge in [-0.15, -0.1) is 10.2 Å². The van der Waals surface area contributed by atoms with Crippen LogP contribution >= 0.6 is 0 Å². The van der Waals surface area contributed by atoms with E-state index in [1.54, 1.807) is 82.6 Å². The third kappa shape index (κ3) is 11.8. The number of hydrogen-bond donors (Lipinski definition) is 2. The molecule has 12 rings (SSSR count). The fraction of sp³-hybridized carbons (Fsp3) is 0.250. The highest BCUT2D eigenvalue weighted by Crippen LogP contribution is 2.39. The minimum absolute atomic E-state index is 0.0515. The number of nitrogens with zero attached hydrogens (tertiary/aromatic N) is 10. The number of pyridine rings is 2. The van der Waals surface area contributed by atoms with Crippen LogP contribution in [0.25, 0.3) is 23.2 Å². The van der Waals surface area contributed by atoms with Crippen molar-refractivity contribution in [1.29, 1.82) is 0 Å². The lowest BCUT2D eigenvalue weighted by Gasteiger charge is -2.30. The molecule has 0 saturated carbocycles. The molecule has 2 N–H and O–H groups in total. The Morgan fingerprint density at radius 2 is 0.890 bits per heavy atom. The quantitative estimate of drug-likeness (QED) is 0.122. The maximum atomic E-state index is 14.8. The van der Waals surface area contributed by atoms with Crippen LogP contribution in [-0.4, -0.2) is 118 Å². The summed E-state index contributed by atoms with van der Waals surface area (Å²) in [6.45, 7) is 2.73. The Morgan fingerprint density at radius 3 is 1.27 bits per heavy atom. The van der Waals surface area contributed by atoms with E-state index in [1.165, 1.54) is 12.1 Å². The van der Waals surface area contributed by atoms with Crippen molar-refractivity contribution in [3.8, 4) is 23.2 Å². The number of nitrogens with one attached hydrogen (secondary N) is 2. The van der Waals surface area contributed by atoms with E-state index in [4.69, 9.17) is 18.3 Å². The van der Waals surface area contributed by atoms with Crippen molar-refractivity contribution in [1.82, 2.24) is 30.4 Å². The van der Waals surface area contributed by atoms with Crippen LogP contribution < -0.4 is 20.4 Å². The summed E-state index contributed by atoms with van der Waals surface area (Å²) < 4.78 is 133. The minimum atomic E-state index is -4.60. The summed E-state index contributed by atoms with van der Waals surface area (Å²) in [7, 11) is 0. The molecule has 4 aromatic heterocycles. The number of ketones is 2. The van der Waals surface area contributed by atoms with Gasteiger partial charge in [0.25, 0.3) is 11.8 Å². The first-order valence-electron chi connectivity index (χ1n) is 25.4. The number of halogens is 8. The lowest BCUT2D eigenvalue weighted by atomic mass is 9.95. The Morgan fingerprint density at radius 1 is 0.500 bits per heavy atom. The van der Waals surface area contributed by atoms with Crippen molar-refractivity contribution in [3.05, 3.63) is 178 Å². The predicted octanol–water partition coefficient (Wildman–Crippen LogP) is 9.05. The Bertz CT molecular complexity index is 3470. The second-order valence-electron chi connectivity index (χ2n) is 18.8. The molecule has 8 heterocycles. The Balaban J connectivity index is 0.000000172. The number of carbonyl (C=O) groups excluding carboxylic acids is 2. The fourth-order valence-electron chi connectivity index (χ4n) is 9.51. The van der Waals surface area contributed by atoms with E-state index >= 15 is 0 Å². The zero-order chi connectivity index (χ0) is 57.1. The molecule has 0 amide bonds. The number of alkyl halides is 6. The van der Waals surface area contributed by atoms with E-state index in [1.807, 2.05) is 12.1 Å². The second-order valence-corrected chi connectivity index (χ2v) is 18.8. The summed E-state index contributed by atoms with van der Waals surface area (Å²) in [5.41, 5.74) is 2.19. The number of anilines is 4. The fourth-order valence-corrected chi connectivity index (χ4v) is 9.51. The molecule has 8 aromatic rings. The van der Waals surface area contributed by atoms with Gasteiger partial charge in [-0.3, -0.25) is 19.6 Å². The molecule has 420 valence electrons. The number of benzene rings is 4. The van der Waals surface area contributed by atoms with Gasteiger partial charge in [0, 0.05) is 84.8 Å². The Kier molecular flexibility index (Phi) is 15.4. The molecule has 4 aromatic carbocycles. The second kappa shape index (κ2) is 23.0. The number of rotatable bonds is 10. The number of aromatic nitrogens is 6. The average Bonchev–Trinajstić information content (AvgIpc) is 4.21. The monoisotopic (exact) mass is 1130 g/mol. The van der Waals surface area contributed by atoms with E-state index in [-0.39, 0.29) is 70.5 Å². The van der Waals surface area contributed by atoms with Crippen molar-refractivity contribution in [2.75, 3.05) is 73.0 Å². The molecule has 0 spiro atoms. The minimum Gasteiger partial charge on any atom is -0.402 e. The highest BCUT2D eigenvalue weighted by Gasteiger charge is 2.37. The zero-order valence-corrected chi connectivity index (χ0v) is 42.7. The number of Topliss-reactive ketones (excluding diaryl/α,β-unsaturated/α-hetero) is 2. The van der Waals surface area contributed by atoms with Crippen LogP contribution in [0.5, 0.6) is 0 Å². The lowest BCUT2D eigenvalue weighted by Crippen LogP contribution is -2.36. The highest BCUT2D eigenvalue weighted by atomic mass is 19.4. The average molecular weight is 1130 g/mol. The first-order chi connectivity index (χ1) is 39.6. The van der Waals surface area contributed by atoms with Crippen molar-refractivity contribution in [2.24, 2.45) is 9.98 Å². The molecule has 0 unspecified atom stereocenters. The first-order valence-corrected chi connectivity index (χ1v) is 25.4. The molecule has 2 saturated heterocycles. The summed E-state index contributed by atoms with van der Waals surface area (Å²) in [6.07, 6.45) is -10.7. The molecule has 4 aliphatic rings. The first kappa shape index (κ1) is 54.6. The standard InChI is InChI=1S/2C28H22F4N6O3/c2*29-20-8-4-7-18-19(20)14-22(39)25(34-23(18)16-5-2-1-3-6-16)35-27-37-36-26(41-27)24-21(38-9-11-40-12-10-38)13-17(15-33-24)28(30,31)32/h2*1-8,13,15,25H,9-12,14H2,(H,35,37)/t2*25-/m10/s1. The molecule has 0 bridgehead atoms. The van der Waals surface area contributed by atoms with Crippen LogP contribution in [-0.2, 0) is 44.3 Å². The van der Waals surface area contributed by atoms with E-state index < -0.39 is 59.0 Å². The third-order valence-corrected chi connectivity index (χ3v) is 13.5. The summed E-state index contributed by atoms with van der Waals surface area (Å²) in [5, 5.41) is 21.5. The van der Waals surface area contributed by atoms with E-state index in [9.17, 15) is 44.7 Å². The van der Waals surface area contributed by atoms with Gasteiger partial charge in [-0.1, -0.05) is 95.1 Å². The van der Waals surface area contributed by atoms with Crippen molar-refractivity contribution >= 4 is 46.4 Å². The van der Waals surface area contributed by atoms with Gasteiger partial charge in [-0.25, -0.2) is 18.7 Å². The van der Waals surface area contributed by atoms with Gasteiger partial charge in [0.2, 0.25) is 0 Å². The third-order valence-electron chi connectivity index (χ3n) is 13.5. The molecule has 82 heavy (non-hydrogen) atoms. The number of aliphatic imine (C=N–C) groups is 2. The van der Waals surface area contributed by atoms with Crippen LogP contribution in [0.4, 0.5) is 58.5 Å². The molecular weight excluding hydrogens is 1090 g/mol. The Labute approximate surface area is 460 Å². The van der Waals surface area contributed by atoms with Crippen LogP contribution in [0.1, 0.15) is 44.5 Å². The van der Waals surface area contributed by atoms with Crippen LogP contribution in [0.3, 0.4) is 0 Å². The van der Waals surface area contributed by atoms with Gasteiger partial charge in [-0.2, -0.15) is 26.3 Å². The topological polar surface area (TPSA) is 211 Å². The maximum absolute atomic E-state index is 14.8. The molecule has 2 atom stereocenters. The van der Waals surface area contributed by atoms with Crippen LogP contribution in [0.15, 0.2) is 140 Å². The van der Waals surface area contributed by atoms with E-state index in [0.29, 0.717) is 98.7 Å². The summed E-state index contributed by atoms with van der Waals surface area (Å²) >= 11 is 0. The zero-order valence-electron chi connectivity index (χ0n) is 42.7. The van der Waals surface area contributed by atoms with Gasteiger partial charge in [0.15, 0.2) is 35.3 Å². The van der Waals surface area contributed by atoms with E-state index in [0.717, 1.165) is 12.1 Å². The lowest BCUT2D eigenvalue weighted by molar-refractivity contribution is -0.138. The molecule has 26 heteroatoms. The van der Waals surface area contributed by atoms with Crippen LogP contribution in [0.2, 0.25) is 0 Å². The SMILES string of the molecule is O=C1Cc2c(F)cccc2C(c2ccccc2)=N[C@@H]1Nc1nnc(-c2ncc(C(F)(F)F)cc2N2CCOCC2)o1.O=C1Cc2c(F)cccc2C(c2ccccc2)=N[C@H]1Nc1nnc(-c2ncc(C(F)(F)F)cc2N2CCOCC2)o1. The maximum Gasteiger partial charge on any atom is 0.417 e. The molecule has 18 nitrogen and oxygen atoms in total. The Hall–Kier alpha value is -9.30. The number of ether oxygens (including phenoxy) is 2. The summed E-state index contributed by atoms with van der Waals surface area (Å²) in [6, 6.07) is 28.7. The van der Waals surface area contributed by atoms with Gasteiger partial charge in [0.05, 0.1) is 60.4 Å². The number of hydrogen-bond acceptors (Lipinski definition) is 18. The van der Waals surface area contributed by atoms with Gasteiger partial charge in [-0.05, 0) is 24.3 Å². The predicted molar refractivity (Wildman–Crippen MR) is 280 cm³/mol. The highest BCUT2D eigenvalue weighted by molar-refractivity contribution is 6.17. The van der Waals surface area contributed by atoms with Gasteiger partial charge >= 0.3 is 24.4 Å². The molecule has 0 radical (unpaired) electrons. The molecule has 0 aliphatic carbocycles. The normalized spacial score (nSPS) is 17.6. The summed E-state index contributed by atoms with van der Waals surface area (Å²) in [5.74, 6) is -2.23. The van der Waals surface area contributed by atoms with Crippen LogP contribution in [0, 0.1) is 11.6 Å². The van der Waals surface area contributed by atoms with Crippen molar-refractivity contribution in [2.45, 2.75) is 37.5 Å². The molecule has 2 fully saturated rings. The molecular formula is C56H44F8N12O6. The largest absolute Gasteiger partial charge is 0.417 e. The van der Waals surface area contributed by atoms with Gasteiger partial charge < -0.3 is 38.7 Å². The van der Waals surface area contributed by atoms with Gasteiger partial charge in [0.1, 0.15) is 11.6 Å². The van der Waals surface area contributed by atoms with E-state index in [2.05, 4.69) is 51.0 Å². The molecule has 4 aliphatic heterocycles. The van der Waals surface area contributed by atoms with Crippen molar-refractivity contribution < 1.29 is 63.0 Å². The number of morpholine rings is 2. The smallest absolute Gasteiger partial charge is 0.402 e.